The number of halogens is 1. The van der Waals surface area contributed by atoms with E-state index in [2.05, 4.69) is 5.32 Å². The molecule has 9 nitrogen and oxygen atoms in total. The Bertz CT molecular complexity index is 1780. The van der Waals surface area contributed by atoms with Crippen molar-refractivity contribution in [3.8, 4) is 11.5 Å². The molecular formula is C37H42FN3O6S. The highest BCUT2D eigenvalue weighted by molar-refractivity contribution is 7.92. The Morgan fingerprint density at radius 1 is 0.875 bits per heavy atom. The molecule has 4 rings (SSSR count). The third kappa shape index (κ3) is 8.92. The number of methoxy groups -OCH3 is 2. The van der Waals surface area contributed by atoms with E-state index in [1.54, 1.807) is 42.5 Å². The van der Waals surface area contributed by atoms with E-state index in [9.17, 15) is 18.0 Å². The molecule has 0 saturated heterocycles. The zero-order valence-corrected chi connectivity index (χ0v) is 28.5. The molecule has 0 fully saturated rings. The van der Waals surface area contributed by atoms with Gasteiger partial charge >= 0.3 is 0 Å². The molecule has 4 aromatic rings. The lowest BCUT2D eigenvalue weighted by molar-refractivity contribution is -0.140. The van der Waals surface area contributed by atoms with Crippen LogP contribution in [-0.4, -0.2) is 58.5 Å². The maximum Gasteiger partial charge on any atom is 0.264 e. The second-order valence-electron chi connectivity index (χ2n) is 11.3. The van der Waals surface area contributed by atoms with Crippen LogP contribution in [0.15, 0.2) is 102 Å². The fourth-order valence-corrected chi connectivity index (χ4v) is 6.64. The van der Waals surface area contributed by atoms with Crippen molar-refractivity contribution in [1.29, 1.82) is 0 Å². The molecule has 0 saturated carbocycles. The van der Waals surface area contributed by atoms with E-state index in [0.29, 0.717) is 12.3 Å². The van der Waals surface area contributed by atoms with Gasteiger partial charge in [-0.2, -0.15) is 0 Å². The number of nitrogens with zero attached hydrogens (tertiary/aromatic N) is 2. The summed E-state index contributed by atoms with van der Waals surface area (Å²) in [5, 5.41) is 2.93. The lowest BCUT2D eigenvalue weighted by Gasteiger charge is -2.34. The fraction of sp³-hybridized carbons (Fsp3) is 0.297. The standard InChI is InChI=1S/C37H42FN3O6S/c1-5-6-22-39-37(43)33(23-28-12-8-7-9-13-28)40(25-29-14-10-11-15-32(29)38)36(42)26-41(30-18-16-27(2)17-19-30)48(44,45)31-20-21-34(46-3)35(24-31)47-4/h7-21,24,33H,5-6,22-23,25-26H2,1-4H3,(H,39,43). The minimum Gasteiger partial charge on any atom is -0.493 e. The van der Waals surface area contributed by atoms with Gasteiger partial charge in [-0.1, -0.05) is 79.6 Å². The Labute approximate surface area is 282 Å². The number of benzene rings is 4. The number of nitrogens with one attached hydrogen (secondary N) is 1. The van der Waals surface area contributed by atoms with Crippen LogP contribution in [0.1, 0.15) is 36.5 Å². The van der Waals surface area contributed by atoms with Crippen molar-refractivity contribution < 1.29 is 31.9 Å². The van der Waals surface area contributed by atoms with Gasteiger partial charge in [0.15, 0.2) is 11.5 Å². The summed E-state index contributed by atoms with van der Waals surface area (Å²) >= 11 is 0. The van der Waals surface area contributed by atoms with Gasteiger partial charge in [-0.25, -0.2) is 12.8 Å². The van der Waals surface area contributed by atoms with Crippen molar-refractivity contribution in [2.75, 3.05) is 31.6 Å². The average Bonchev–Trinajstić information content (AvgIpc) is 3.09. The fourth-order valence-electron chi connectivity index (χ4n) is 5.21. The first kappa shape index (κ1) is 35.9. The molecule has 0 spiro atoms. The summed E-state index contributed by atoms with van der Waals surface area (Å²) < 4.78 is 55.4. The number of hydrogen-bond acceptors (Lipinski definition) is 6. The number of unbranched alkanes of at least 4 members (excludes halogenated alkanes) is 1. The summed E-state index contributed by atoms with van der Waals surface area (Å²) in [6.07, 6.45) is 1.71. The van der Waals surface area contributed by atoms with Gasteiger partial charge in [0.05, 0.1) is 24.8 Å². The van der Waals surface area contributed by atoms with Crippen molar-refractivity contribution in [2.45, 2.75) is 50.6 Å². The van der Waals surface area contributed by atoms with E-state index in [1.165, 1.54) is 43.4 Å². The van der Waals surface area contributed by atoms with Crippen LogP contribution in [0.3, 0.4) is 0 Å². The van der Waals surface area contributed by atoms with Gasteiger partial charge in [0, 0.05) is 31.1 Å². The molecule has 4 aromatic carbocycles. The molecule has 11 heteroatoms. The summed E-state index contributed by atoms with van der Waals surface area (Å²) in [5.41, 5.74) is 2.10. The average molecular weight is 676 g/mol. The van der Waals surface area contributed by atoms with Crippen LogP contribution in [0, 0.1) is 12.7 Å². The van der Waals surface area contributed by atoms with Gasteiger partial charge < -0.3 is 19.7 Å². The van der Waals surface area contributed by atoms with Gasteiger partial charge in [0.25, 0.3) is 10.0 Å². The first-order chi connectivity index (χ1) is 23.1. The van der Waals surface area contributed by atoms with Crippen LogP contribution in [-0.2, 0) is 32.6 Å². The van der Waals surface area contributed by atoms with Crippen LogP contribution >= 0.6 is 0 Å². The first-order valence-electron chi connectivity index (χ1n) is 15.7. The number of aryl methyl sites for hydroxylation is 1. The molecule has 1 atom stereocenters. The Kier molecular flexibility index (Phi) is 12.6. The number of anilines is 1. The molecule has 2 amide bonds. The summed E-state index contributed by atoms with van der Waals surface area (Å²) in [5.74, 6) is -1.12. The van der Waals surface area contributed by atoms with Crippen molar-refractivity contribution in [2.24, 2.45) is 0 Å². The number of ether oxygens (including phenoxy) is 2. The van der Waals surface area contributed by atoms with Crippen molar-refractivity contribution >= 4 is 27.5 Å². The van der Waals surface area contributed by atoms with Crippen LogP contribution in [0.2, 0.25) is 0 Å². The zero-order valence-electron chi connectivity index (χ0n) is 27.7. The van der Waals surface area contributed by atoms with E-state index in [1.807, 2.05) is 44.2 Å². The minimum absolute atomic E-state index is 0.131. The Morgan fingerprint density at radius 2 is 1.54 bits per heavy atom. The van der Waals surface area contributed by atoms with E-state index < -0.39 is 40.2 Å². The normalized spacial score (nSPS) is 11.8. The van der Waals surface area contributed by atoms with Crippen LogP contribution in [0.25, 0.3) is 0 Å². The second-order valence-corrected chi connectivity index (χ2v) is 13.2. The number of carbonyl (C=O) groups is 2. The largest absolute Gasteiger partial charge is 0.493 e. The number of rotatable bonds is 16. The maximum atomic E-state index is 15.1. The third-order valence-electron chi connectivity index (χ3n) is 7.94. The van der Waals surface area contributed by atoms with Crippen molar-refractivity contribution in [1.82, 2.24) is 10.2 Å². The number of sulfonamides is 1. The topological polar surface area (TPSA) is 105 Å². The van der Waals surface area contributed by atoms with Gasteiger partial charge in [-0.3, -0.25) is 13.9 Å². The summed E-state index contributed by atoms with van der Waals surface area (Å²) in [7, 11) is -1.54. The minimum atomic E-state index is -4.38. The molecular weight excluding hydrogens is 633 g/mol. The van der Waals surface area contributed by atoms with Gasteiger partial charge in [-0.15, -0.1) is 0 Å². The van der Waals surface area contributed by atoms with E-state index >= 15 is 4.39 Å². The smallest absolute Gasteiger partial charge is 0.264 e. The molecule has 1 unspecified atom stereocenters. The predicted octanol–water partition coefficient (Wildman–Crippen LogP) is 5.90. The molecule has 0 aromatic heterocycles. The Balaban J connectivity index is 1.82. The summed E-state index contributed by atoms with van der Waals surface area (Å²) in [6.45, 7) is 3.33. The number of amides is 2. The van der Waals surface area contributed by atoms with Crippen LogP contribution < -0.4 is 19.1 Å². The molecule has 0 radical (unpaired) electrons. The van der Waals surface area contributed by atoms with Crippen LogP contribution in [0.5, 0.6) is 11.5 Å². The van der Waals surface area contributed by atoms with Gasteiger partial charge in [0.1, 0.15) is 18.4 Å². The molecule has 48 heavy (non-hydrogen) atoms. The molecule has 0 aliphatic rings. The first-order valence-corrected chi connectivity index (χ1v) is 17.2. The monoisotopic (exact) mass is 675 g/mol. The maximum absolute atomic E-state index is 15.1. The molecule has 0 aliphatic carbocycles. The van der Waals surface area contributed by atoms with Crippen molar-refractivity contribution in [3.05, 3.63) is 120 Å². The number of hydrogen-bond donors (Lipinski definition) is 1. The highest BCUT2D eigenvalue weighted by Crippen LogP contribution is 2.32. The molecule has 1 N–H and O–H groups in total. The Morgan fingerprint density at radius 3 is 2.19 bits per heavy atom. The highest BCUT2D eigenvalue weighted by Gasteiger charge is 2.35. The van der Waals surface area contributed by atoms with Gasteiger partial charge in [-0.05, 0) is 49.2 Å². The Hall–Kier alpha value is -4.90. The summed E-state index contributed by atoms with van der Waals surface area (Å²) in [4.78, 5) is 29.5. The zero-order chi connectivity index (χ0) is 34.7. The second kappa shape index (κ2) is 16.8. The van der Waals surface area contributed by atoms with Crippen molar-refractivity contribution in [3.63, 3.8) is 0 Å². The van der Waals surface area contributed by atoms with Crippen LogP contribution in [0.4, 0.5) is 10.1 Å². The summed E-state index contributed by atoms with van der Waals surface area (Å²) in [6, 6.07) is 25.0. The lowest BCUT2D eigenvalue weighted by Crippen LogP contribution is -2.53. The quantitative estimate of drug-likeness (QED) is 0.148. The highest BCUT2D eigenvalue weighted by atomic mass is 32.2. The third-order valence-corrected chi connectivity index (χ3v) is 9.71. The van der Waals surface area contributed by atoms with E-state index in [0.717, 1.165) is 28.3 Å². The van der Waals surface area contributed by atoms with E-state index in [-0.39, 0.29) is 34.9 Å². The molecule has 0 aliphatic heterocycles. The predicted molar refractivity (Wildman–Crippen MR) is 184 cm³/mol. The SMILES string of the molecule is CCCCNC(=O)C(Cc1ccccc1)N(Cc1ccccc1F)C(=O)CN(c1ccc(C)cc1)S(=O)(=O)c1ccc(OC)c(OC)c1. The van der Waals surface area contributed by atoms with E-state index in [4.69, 9.17) is 9.47 Å². The lowest BCUT2D eigenvalue weighted by atomic mass is 10.0. The molecule has 254 valence electrons. The van der Waals surface area contributed by atoms with Gasteiger partial charge in [0.2, 0.25) is 11.8 Å². The molecule has 0 heterocycles. The molecule has 0 bridgehead atoms. The number of carbonyl (C=O) groups excluding carboxylic acids is 2.